The van der Waals surface area contributed by atoms with Crippen LogP contribution in [0.15, 0.2) is 51.7 Å². The molecule has 1 heterocycles. The predicted octanol–water partition coefficient (Wildman–Crippen LogP) is 3.37. The van der Waals surface area contributed by atoms with Gasteiger partial charge in [0.15, 0.2) is 11.3 Å². The smallest absolute Gasteiger partial charge is 0.349 e. The molecule has 2 aromatic carbocycles. The molecule has 0 aliphatic rings. The Hall–Kier alpha value is -3.28. The van der Waals surface area contributed by atoms with E-state index in [1.165, 1.54) is 20.3 Å². The minimum absolute atomic E-state index is 0.0932. The molecule has 0 radical (unpaired) electrons. The summed E-state index contributed by atoms with van der Waals surface area (Å²) in [5.41, 5.74) is 0.911. The number of fused-ring (bicyclic) bond motifs is 1. The van der Waals surface area contributed by atoms with Gasteiger partial charge in [-0.25, -0.2) is 4.79 Å². The van der Waals surface area contributed by atoms with Crippen LogP contribution >= 0.6 is 0 Å². The normalized spacial score (nSPS) is 10.5. The Labute approximate surface area is 144 Å². The number of amides is 1. The number of nitrogens with one attached hydrogen (secondary N) is 1. The van der Waals surface area contributed by atoms with Gasteiger partial charge in [0.2, 0.25) is 0 Å². The number of hydrogen-bond donors (Lipinski definition) is 1. The maximum absolute atomic E-state index is 12.6. The third kappa shape index (κ3) is 3.19. The number of para-hydroxylation sites is 1. The maximum atomic E-state index is 12.6. The maximum Gasteiger partial charge on any atom is 0.349 e. The number of anilines is 1. The second kappa shape index (κ2) is 6.68. The topological polar surface area (TPSA) is 77.8 Å². The molecule has 0 spiro atoms. The van der Waals surface area contributed by atoms with Crippen molar-refractivity contribution >= 4 is 22.6 Å². The summed E-state index contributed by atoms with van der Waals surface area (Å²) in [6, 6.07) is 12.0. The molecular weight excluding hydrogens is 322 g/mol. The summed E-state index contributed by atoms with van der Waals surface area (Å²) < 4.78 is 15.7. The highest BCUT2D eigenvalue weighted by atomic mass is 16.5. The van der Waals surface area contributed by atoms with Crippen LogP contribution in [0.4, 0.5) is 5.69 Å². The van der Waals surface area contributed by atoms with E-state index in [0.717, 1.165) is 5.56 Å². The Bertz CT molecular complexity index is 1010. The Morgan fingerprint density at radius 3 is 2.52 bits per heavy atom. The van der Waals surface area contributed by atoms with E-state index >= 15 is 0 Å². The quantitative estimate of drug-likeness (QED) is 0.737. The Morgan fingerprint density at radius 1 is 1.04 bits per heavy atom. The molecule has 0 fully saturated rings. The van der Waals surface area contributed by atoms with Crippen LogP contribution in [0.1, 0.15) is 15.9 Å². The molecule has 0 saturated heterocycles. The van der Waals surface area contributed by atoms with Gasteiger partial charge in [-0.15, -0.1) is 0 Å². The molecule has 1 amide bonds. The molecule has 0 aliphatic carbocycles. The van der Waals surface area contributed by atoms with Gasteiger partial charge in [0.1, 0.15) is 11.3 Å². The van der Waals surface area contributed by atoms with Crippen LogP contribution < -0.4 is 20.4 Å². The zero-order valence-electron chi connectivity index (χ0n) is 14.1. The fourth-order valence-electron chi connectivity index (χ4n) is 2.55. The number of hydrogen-bond acceptors (Lipinski definition) is 5. The number of methoxy groups -OCH3 is 2. The van der Waals surface area contributed by atoms with E-state index in [9.17, 15) is 9.59 Å². The first kappa shape index (κ1) is 16.6. The van der Waals surface area contributed by atoms with E-state index in [1.54, 1.807) is 30.3 Å². The summed E-state index contributed by atoms with van der Waals surface area (Å²) in [6.45, 7) is 1.89. The molecule has 6 heteroatoms. The largest absolute Gasteiger partial charge is 0.495 e. The third-order valence-electron chi connectivity index (χ3n) is 3.79. The minimum Gasteiger partial charge on any atom is -0.495 e. The summed E-state index contributed by atoms with van der Waals surface area (Å²) >= 11 is 0. The van der Waals surface area contributed by atoms with E-state index in [4.69, 9.17) is 13.9 Å². The second-order valence-corrected chi connectivity index (χ2v) is 5.48. The van der Waals surface area contributed by atoms with Gasteiger partial charge >= 0.3 is 5.63 Å². The van der Waals surface area contributed by atoms with E-state index in [2.05, 4.69) is 5.32 Å². The van der Waals surface area contributed by atoms with Gasteiger partial charge in [-0.05, 0) is 36.8 Å². The molecular formula is C19H17NO5. The Kier molecular flexibility index (Phi) is 4.43. The SMILES string of the molecule is COc1ccc(C)cc1NC(=O)c1cc2cccc(OC)c2oc1=O. The second-order valence-electron chi connectivity index (χ2n) is 5.48. The van der Waals surface area contributed by atoms with Crippen LogP contribution in [0.2, 0.25) is 0 Å². The van der Waals surface area contributed by atoms with E-state index in [-0.39, 0.29) is 5.56 Å². The van der Waals surface area contributed by atoms with Crippen molar-refractivity contribution in [3.05, 3.63) is 64.0 Å². The van der Waals surface area contributed by atoms with Crippen molar-refractivity contribution in [2.24, 2.45) is 0 Å². The Morgan fingerprint density at radius 2 is 1.80 bits per heavy atom. The fraction of sp³-hybridized carbons (Fsp3) is 0.158. The minimum atomic E-state index is -0.735. The highest BCUT2D eigenvalue weighted by Crippen LogP contribution is 2.27. The van der Waals surface area contributed by atoms with Gasteiger partial charge in [-0.2, -0.15) is 0 Å². The zero-order valence-corrected chi connectivity index (χ0v) is 14.1. The number of rotatable bonds is 4. The van der Waals surface area contributed by atoms with E-state index in [0.29, 0.717) is 28.2 Å². The van der Waals surface area contributed by atoms with Gasteiger partial charge in [0.25, 0.3) is 5.91 Å². The van der Waals surface area contributed by atoms with E-state index in [1.807, 2.05) is 13.0 Å². The van der Waals surface area contributed by atoms with Gasteiger partial charge in [-0.1, -0.05) is 18.2 Å². The van der Waals surface area contributed by atoms with Gasteiger partial charge in [0, 0.05) is 5.39 Å². The fourth-order valence-corrected chi connectivity index (χ4v) is 2.55. The van der Waals surface area contributed by atoms with Crippen LogP contribution in [0.3, 0.4) is 0 Å². The predicted molar refractivity (Wildman–Crippen MR) is 94.7 cm³/mol. The zero-order chi connectivity index (χ0) is 18.0. The van der Waals surface area contributed by atoms with Crippen LogP contribution in [0.5, 0.6) is 11.5 Å². The average molecular weight is 339 g/mol. The first-order valence-electron chi connectivity index (χ1n) is 7.60. The lowest BCUT2D eigenvalue weighted by Gasteiger charge is -2.11. The van der Waals surface area contributed by atoms with Crippen LogP contribution in [-0.4, -0.2) is 20.1 Å². The van der Waals surface area contributed by atoms with Crippen molar-refractivity contribution in [1.82, 2.24) is 0 Å². The lowest BCUT2D eigenvalue weighted by Crippen LogP contribution is -2.21. The molecule has 0 unspecified atom stereocenters. The summed E-state index contributed by atoms with van der Waals surface area (Å²) in [6.07, 6.45) is 0. The first-order valence-corrected chi connectivity index (χ1v) is 7.60. The number of aryl methyl sites for hydroxylation is 1. The Balaban J connectivity index is 2.02. The summed E-state index contributed by atoms with van der Waals surface area (Å²) in [4.78, 5) is 24.8. The van der Waals surface area contributed by atoms with Gasteiger partial charge in [-0.3, -0.25) is 4.79 Å². The van der Waals surface area contributed by atoms with Crippen molar-refractivity contribution < 1.29 is 18.7 Å². The molecule has 3 aromatic rings. The van der Waals surface area contributed by atoms with Crippen molar-refractivity contribution in [2.45, 2.75) is 6.92 Å². The highest BCUT2D eigenvalue weighted by Gasteiger charge is 2.17. The average Bonchev–Trinajstić information content (AvgIpc) is 2.60. The lowest BCUT2D eigenvalue weighted by atomic mass is 10.1. The van der Waals surface area contributed by atoms with Crippen molar-refractivity contribution in [1.29, 1.82) is 0 Å². The highest BCUT2D eigenvalue weighted by molar-refractivity contribution is 6.06. The van der Waals surface area contributed by atoms with Crippen LogP contribution in [0, 0.1) is 6.92 Å². The third-order valence-corrected chi connectivity index (χ3v) is 3.79. The number of carbonyl (C=O) groups excluding carboxylic acids is 1. The molecule has 0 atom stereocenters. The van der Waals surface area contributed by atoms with E-state index < -0.39 is 11.5 Å². The van der Waals surface area contributed by atoms with Crippen LogP contribution in [-0.2, 0) is 0 Å². The van der Waals surface area contributed by atoms with Crippen molar-refractivity contribution in [2.75, 3.05) is 19.5 Å². The van der Waals surface area contributed by atoms with Crippen molar-refractivity contribution in [3.8, 4) is 11.5 Å². The van der Waals surface area contributed by atoms with Gasteiger partial charge in [0.05, 0.1) is 19.9 Å². The standard InChI is InChI=1S/C19H17NO5/c1-11-7-8-15(23-2)14(9-11)20-18(21)13-10-12-5-4-6-16(24-3)17(12)25-19(13)22/h4-10H,1-3H3,(H,20,21). The number of ether oxygens (including phenoxy) is 2. The van der Waals surface area contributed by atoms with Crippen LogP contribution in [0.25, 0.3) is 11.0 Å². The molecule has 1 aromatic heterocycles. The number of benzene rings is 2. The summed E-state index contributed by atoms with van der Waals surface area (Å²) in [5.74, 6) is 0.370. The summed E-state index contributed by atoms with van der Waals surface area (Å²) in [5, 5.41) is 3.30. The molecule has 0 saturated carbocycles. The first-order chi connectivity index (χ1) is 12.0. The molecule has 0 aliphatic heterocycles. The molecule has 0 bridgehead atoms. The molecule has 6 nitrogen and oxygen atoms in total. The number of carbonyl (C=O) groups is 1. The molecule has 1 N–H and O–H groups in total. The molecule has 25 heavy (non-hydrogen) atoms. The molecule has 3 rings (SSSR count). The molecule has 128 valence electrons. The monoisotopic (exact) mass is 339 g/mol. The van der Waals surface area contributed by atoms with Crippen molar-refractivity contribution in [3.63, 3.8) is 0 Å². The lowest BCUT2D eigenvalue weighted by molar-refractivity contribution is 0.102. The summed E-state index contributed by atoms with van der Waals surface area (Å²) in [7, 11) is 3.00. The van der Waals surface area contributed by atoms with Gasteiger partial charge < -0.3 is 19.2 Å².